The topological polar surface area (TPSA) is 53.9 Å². The van der Waals surface area contributed by atoms with Gasteiger partial charge in [-0.25, -0.2) is 0 Å². The Labute approximate surface area is 123 Å². The predicted molar refractivity (Wildman–Crippen MR) is 81.8 cm³/mol. The fraction of sp³-hybridized carbons (Fsp3) is 0.533. The van der Waals surface area contributed by atoms with Crippen LogP contribution in [0.3, 0.4) is 0 Å². The molecule has 1 aromatic carbocycles. The summed E-state index contributed by atoms with van der Waals surface area (Å²) in [7, 11) is 0. The summed E-state index contributed by atoms with van der Waals surface area (Å²) in [5, 5.41) is 0. The maximum atomic E-state index is 11.9. The highest BCUT2D eigenvalue weighted by Crippen LogP contribution is 2.19. The first-order valence-corrected chi connectivity index (χ1v) is 7.86. The standard InChI is InChI=1S/C15H21NO3S/c1-15(2,3)20(17)16-10-12-5-4-6-13(9-12)19-14-7-8-18-11-14/h4-6,9-10,14H,7-8,11H2,1-3H3/t14-,20?/m0/s1. The molecule has 0 saturated carbocycles. The third kappa shape index (κ3) is 4.51. The second-order valence-electron chi connectivity index (χ2n) is 5.77. The van der Waals surface area contributed by atoms with Crippen LogP contribution in [0, 0.1) is 0 Å². The van der Waals surface area contributed by atoms with Crippen molar-refractivity contribution in [2.45, 2.75) is 38.0 Å². The van der Waals surface area contributed by atoms with E-state index in [1.807, 2.05) is 45.0 Å². The molecule has 0 aliphatic carbocycles. The number of ether oxygens (including phenoxy) is 2. The monoisotopic (exact) mass is 295 g/mol. The zero-order valence-corrected chi connectivity index (χ0v) is 13.0. The van der Waals surface area contributed by atoms with Crippen molar-refractivity contribution in [3.8, 4) is 5.75 Å². The molecule has 0 spiro atoms. The largest absolute Gasteiger partial charge is 0.591 e. The zero-order chi connectivity index (χ0) is 14.6. The van der Waals surface area contributed by atoms with Crippen LogP contribution in [0.5, 0.6) is 5.75 Å². The lowest BCUT2D eigenvalue weighted by atomic mass is 10.2. The molecule has 2 atom stereocenters. The molecule has 4 nitrogen and oxygen atoms in total. The normalized spacial score (nSPS) is 21.3. The highest BCUT2D eigenvalue weighted by atomic mass is 32.2. The first-order chi connectivity index (χ1) is 9.45. The quantitative estimate of drug-likeness (QED) is 0.634. The van der Waals surface area contributed by atoms with Crippen LogP contribution in [0.4, 0.5) is 0 Å². The molecule has 0 aromatic heterocycles. The van der Waals surface area contributed by atoms with E-state index in [0.29, 0.717) is 6.61 Å². The van der Waals surface area contributed by atoms with Crippen molar-refractivity contribution in [3.05, 3.63) is 29.8 Å². The van der Waals surface area contributed by atoms with E-state index < -0.39 is 11.4 Å². The molecular weight excluding hydrogens is 274 g/mol. The van der Waals surface area contributed by atoms with Crippen LogP contribution in [-0.2, 0) is 16.1 Å². The average Bonchev–Trinajstić information content (AvgIpc) is 2.88. The van der Waals surface area contributed by atoms with Crippen molar-refractivity contribution in [2.24, 2.45) is 4.40 Å². The molecule has 110 valence electrons. The molecule has 2 rings (SSSR count). The third-order valence-corrected chi connectivity index (χ3v) is 4.21. The fourth-order valence-electron chi connectivity index (χ4n) is 1.73. The van der Waals surface area contributed by atoms with Crippen molar-refractivity contribution in [1.82, 2.24) is 0 Å². The molecule has 1 heterocycles. The lowest BCUT2D eigenvalue weighted by Crippen LogP contribution is -2.25. The van der Waals surface area contributed by atoms with E-state index in [0.717, 1.165) is 24.3 Å². The molecule has 0 bridgehead atoms. The number of nitrogens with zero attached hydrogens (tertiary/aromatic N) is 1. The van der Waals surface area contributed by atoms with E-state index in [2.05, 4.69) is 4.40 Å². The average molecular weight is 295 g/mol. The molecule has 1 aliphatic heterocycles. The van der Waals surface area contributed by atoms with Crippen LogP contribution in [0.15, 0.2) is 28.7 Å². The van der Waals surface area contributed by atoms with Gasteiger partial charge in [0.15, 0.2) is 0 Å². The minimum Gasteiger partial charge on any atom is -0.591 e. The minimum atomic E-state index is -1.24. The van der Waals surface area contributed by atoms with Gasteiger partial charge in [-0.3, -0.25) is 0 Å². The lowest BCUT2D eigenvalue weighted by molar-refractivity contribution is 0.141. The Balaban J connectivity index is 2.00. The second kappa shape index (κ2) is 6.61. The van der Waals surface area contributed by atoms with Gasteiger partial charge in [0.2, 0.25) is 0 Å². The van der Waals surface area contributed by atoms with Gasteiger partial charge >= 0.3 is 0 Å². The number of benzene rings is 1. The van der Waals surface area contributed by atoms with E-state index >= 15 is 0 Å². The molecule has 0 amide bonds. The van der Waals surface area contributed by atoms with Crippen molar-refractivity contribution < 1.29 is 14.0 Å². The summed E-state index contributed by atoms with van der Waals surface area (Å²) in [6.45, 7) is 7.11. The molecule has 20 heavy (non-hydrogen) atoms. The lowest BCUT2D eigenvalue weighted by Gasteiger charge is -2.17. The molecule has 1 aromatic rings. The van der Waals surface area contributed by atoms with Crippen molar-refractivity contribution in [3.63, 3.8) is 0 Å². The van der Waals surface area contributed by atoms with Crippen LogP contribution < -0.4 is 4.74 Å². The SMILES string of the molecule is CC(C)(C)[S+]([O-])N=Cc1cccc(O[C@H]2CCOC2)c1. The van der Waals surface area contributed by atoms with Crippen molar-refractivity contribution in [1.29, 1.82) is 0 Å². The summed E-state index contributed by atoms with van der Waals surface area (Å²) < 4.78 is 26.7. The summed E-state index contributed by atoms with van der Waals surface area (Å²) in [5.74, 6) is 0.797. The molecule has 5 heteroatoms. The Morgan fingerprint density at radius 2 is 2.25 bits per heavy atom. The molecule has 1 unspecified atom stereocenters. The van der Waals surface area contributed by atoms with E-state index in [-0.39, 0.29) is 10.9 Å². The summed E-state index contributed by atoms with van der Waals surface area (Å²) in [4.78, 5) is 0. The highest BCUT2D eigenvalue weighted by molar-refractivity contribution is 7.91. The van der Waals surface area contributed by atoms with Crippen LogP contribution in [0.25, 0.3) is 0 Å². The van der Waals surface area contributed by atoms with E-state index in [1.54, 1.807) is 6.21 Å². The third-order valence-electron chi connectivity index (χ3n) is 2.87. The van der Waals surface area contributed by atoms with E-state index in [9.17, 15) is 4.55 Å². The Kier molecular flexibility index (Phi) is 5.07. The second-order valence-corrected chi connectivity index (χ2v) is 7.71. The van der Waals surface area contributed by atoms with E-state index in [4.69, 9.17) is 9.47 Å². The first-order valence-electron chi connectivity index (χ1n) is 6.76. The van der Waals surface area contributed by atoms with Crippen LogP contribution in [0.1, 0.15) is 32.8 Å². The van der Waals surface area contributed by atoms with Crippen molar-refractivity contribution in [2.75, 3.05) is 13.2 Å². The van der Waals surface area contributed by atoms with Gasteiger partial charge < -0.3 is 14.0 Å². The van der Waals surface area contributed by atoms with Gasteiger partial charge in [0.1, 0.15) is 28.0 Å². The Bertz CT molecular complexity index is 464. The van der Waals surface area contributed by atoms with Gasteiger partial charge in [0.05, 0.1) is 19.4 Å². The minimum absolute atomic E-state index is 0.130. The van der Waals surface area contributed by atoms with Gasteiger partial charge in [-0.1, -0.05) is 16.5 Å². The number of rotatable bonds is 4. The van der Waals surface area contributed by atoms with Gasteiger partial charge in [0.25, 0.3) is 0 Å². The maximum Gasteiger partial charge on any atom is 0.144 e. The Morgan fingerprint density at radius 1 is 1.45 bits per heavy atom. The van der Waals surface area contributed by atoms with Crippen LogP contribution in [0.2, 0.25) is 0 Å². The van der Waals surface area contributed by atoms with Crippen molar-refractivity contribution >= 4 is 17.6 Å². The number of hydrogen-bond donors (Lipinski definition) is 0. The summed E-state index contributed by atoms with van der Waals surface area (Å²) in [6.07, 6.45) is 2.69. The van der Waals surface area contributed by atoms with Gasteiger partial charge in [-0.05, 0) is 32.9 Å². The molecule has 1 aliphatic rings. The molecular formula is C15H21NO3S. The summed E-state index contributed by atoms with van der Waals surface area (Å²) in [5.41, 5.74) is 0.888. The predicted octanol–water partition coefficient (Wildman–Crippen LogP) is 2.74. The molecule has 0 radical (unpaired) electrons. The molecule has 0 N–H and O–H groups in total. The van der Waals surface area contributed by atoms with Crippen LogP contribution in [-0.4, -0.2) is 34.8 Å². The smallest absolute Gasteiger partial charge is 0.144 e. The Morgan fingerprint density at radius 3 is 2.90 bits per heavy atom. The van der Waals surface area contributed by atoms with E-state index in [1.165, 1.54) is 0 Å². The van der Waals surface area contributed by atoms with Crippen LogP contribution >= 0.6 is 0 Å². The maximum absolute atomic E-state index is 11.9. The van der Waals surface area contributed by atoms with Gasteiger partial charge in [-0.2, -0.15) is 0 Å². The summed E-state index contributed by atoms with van der Waals surface area (Å²) >= 11 is -1.24. The fourth-order valence-corrected chi connectivity index (χ4v) is 2.27. The first kappa shape index (κ1) is 15.4. The Hall–Kier alpha value is -1.04. The van der Waals surface area contributed by atoms with Gasteiger partial charge in [0, 0.05) is 12.0 Å². The highest BCUT2D eigenvalue weighted by Gasteiger charge is 2.25. The summed E-state index contributed by atoms with van der Waals surface area (Å²) in [6, 6.07) is 7.64. The molecule has 1 fully saturated rings. The molecule has 1 saturated heterocycles. The number of hydrogen-bond acceptors (Lipinski definition) is 4. The van der Waals surface area contributed by atoms with Gasteiger partial charge in [-0.15, -0.1) is 0 Å². The zero-order valence-electron chi connectivity index (χ0n) is 12.2.